The van der Waals surface area contributed by atoms with Crippen molar-refractivity contribution in [1.29, 1.82) is 5.26 Å². The Balaban J connectivity index is 1.94. The molecule has 1 amide bonds. The summed E-state index contributed by atoms with van der Waals surface area (Å²) < 4.78 is 5.40. The fourth-order valence-electron chi connectivity index (χ4n) is 2.47. The Bertz CT molecular complexity index is 406. The van der Waals surface area contributed by atoms with Gasteiger partial charge in [-0.05, 0) is 58.9 Å². The van der Waals surface area contributed by atoms with Gasteiger partial charge >= 0.3 is 6.09 Å². The number of amides is 1. The van der Waals surface area contributed by atoms with Crippen LogP contribution in [0.2, 0.25) is 0 Å². The van der Waals surface area contributed by atoms with Gasteiger partial charge < -0.3 is 9.64 Å². The maximum atomic E-state index is 12.1. The van der Waals surface area contributed by atoms with Gasteiger partial charge in [-0.15, -0.1) is 0 Å². The smallest absolute Gasteiger partial charge is 0.410 e. The summed E-state index contributed by atoms with van der Waals surface area (Å²) in [7, 11) is 0. The van der Waals surface area contributed by atoms with Gasteiger partial charge in [0.2, 0.25) is 0 Å². The quantitative estimate of drug-likeness (QED) is 0.860. The first-order chi connectivity index (χ1) is 9.34. The van der Waals surface area contributed by atoms with E-state index in [2.05, 4.69) is 11.4 Å². The number of likely N-dealkylation sites (tertiary alicyclic amines) is 1. The third-order valence-electron chi connectivity index (χ3n) is 3.78. The topological polar surface area (TPSA) is 65.4 Å². The van der Waals surface area contributed by atoms with Crippen molar-refractivity contribution in [3.63, 3.8) is 0 Å². The molecule has 0 spiro atoms. The minimum absolute atomic E-state index is 0.315. The second-order valence-corrected chi connectivity index (χ2v) is 7.02. The van der Waals surface area contributed by atoms with Crippen LogP contribution in [-0.2, 0) is 4.74 Å². The van der Waals surface area contributed by atoms with E-state index < -0.39 is 11.1 Å². The van der Waals surface area contributed by atoms with Crippen LogP contribution in [0.5, 0.6) is 0 Å². The van der Waals surface area contributed by atoms with Crippen molar-refractivity contribution in [3.05, 3.63) is 0 Å². The molecule has 1 saturated carbocycles. The van der Waals surface area contributed by atoms with E-state index in [-0.39, 0.29) is 6.09 Å². The first-order valence-corrected chi connectivity index (χ1v) is 7.48. The van der Waals surface area contributed by atoms with Crippen molar-refractivity contribution in [3.8, 4) is 6.07 Å². The SMILES string of the molecule is CC(C)(C)OC(=O)N1CCCC(C#N)(NCC2CC2)C1. The highest BCUT2D eigenvalue weighted by Gasteiger charge is 2.39. The van der Waals surface area contributed by atoms with E-state index >= 15 is 0 Å². The molecule has 1 N–H and O–H groups in total. The third kappa shape index (κ3) is 4.11. The standard InChI is InChI=1S/C15H25N3O2/c1-14(2,3)20-13(19)18-8-4-7-15(10-16,11-18)17-9-12-5-6-12/h12,17H,4-9,11H2,1-3H3. The van der Waals surface area contributed by atoms with E-state index in [1.807, 2.05) is 20.8 Å². The molecule has 20 heavy (non-hydrogen) atoms. The lowest BCUT2D eigenvalue weighted by molar-refractivity contribution is 0.0150. The van der Waals surface area contributed by atoms with E-state index in [4.69, 9.17) is 4.74 Å². The van der Waals surface area contributed by atoms with Crippen LogP contribution < -0.4 is 5.32 Å². The molecule has 1 unspecified atom stereocenters. The molecular formula is C15H25N3O2. The summed E-state index contributed by atoms with van der Waals surface area (Å²) in [5, 5.41) is 12.9. The van der Waals surface area contributed by atoms with E-state index in [0.29, 0.717) is 13.1 Å². The molecule has 112 valence electrons. The van der Waals surface area contributed by atoms with Gasteiger partial charge in [-0.1, -0.05) is 0 Å². The lowest BCUT2D eigenvalue weighted by atomic mass is 9.90. The Morgan fingerprint density at radius 3 is 2.75 bits per heavy atom. The summed E-state index contributed by atoms with van der Waals surface area (Å²) in [6, 6.07) is 2.39. The van der Waals surface area contributed by atoms with Crippen LogP contribution in [0.15, 0.2) is 0 Å². The summed E-state index contributed by atoms with van der Waals surface area (Å²) in [6.07, 6.45) is 3.83. The lowest BCUT2D eigenvalue weighted by Gasteiger charge is -2.39. The Kier molecular flexibility index (Phi) is 4.24. The molecule has 0 aromatic carbocycles. The molecule has 0 radical (unpaired) electrons. The predicted molar refractivity (Wildman–Crippen MR) is 76.1 cm³/mol. The van der Waals surface area contributed by atoms with Gasteiger partial charge in [-0.25, -0.2) is 4.79 Å². The van der Waals surface area contributed by atoms with Crippen molar-refractivity contribution in [2.24, 2.45) is 5.92 Å². The van der Waals surface area contributed by atoms with Crippen LogP contribution in [0.1, 0.15) is 46.5 Å². The van der Waals surface area contributed by atoms with Gasteiger partial charge in [0.25, 0.3) is 0 Å². The van der Waals surface area contributed by atoms with Gasteiger partial charge in [0.1, 0.15) is 11.1 Å². The maximum Gasteiger partial charge on any atom is 0.410 e. The minimum atomic E-state index is -0.599. The largest absolute Gasteiger partial charge is 0.444 e. The van der Waals surface area contributed by atoms with E-state index in [9.17, 15) is 10.1 Å². The molecule has 1 atom stereocenters. The highest BCUT2D eigenvalue weighted by atomic mass is 16.6. The van der Waals surface area contributed by atoms with Gasteiger partial charge in [0.05, 0.1) is 12.6 Å². The zero-order chi connectivity index (χ0) is 14.8. The number of hydrogen-bond donors (Lipinski definition) is 1. The number of nitrogens with zero attached hydrogens (tertiary/aromatic N) is 2. The molecule has 5 heteroatoms. The first kappa shape index (κ1) is 15.1. The highest BCUT2D eigenvalue weighted by Crippen LogP contribution is 2.30. The molecule has 0 aromatic rings. The second-order valence-electron chi connectivity index (χ2n) is 7.02. The lowest BCUT2D eigenvalue weighted by Crippen LogP contribution is -2.58. The van der Waals surface area contributed by atoms with E-state index in [1.54, 1.807) is 4.90 Å². The fourth-order valence-corrected chi connectivity index (χ4v) is 2.47. The normalized spacial score (nSPS) is 27.0. The molecular weight excluding hydrogens is 254 g/mol. The van der Waals surface area contributed by atoms with Crippen molar-refractivity contribution >= 4 is 6.09 Å². The maximum absolute atomic E-state index is 12.1. The van der Waals surface area contributed by atoms with Crippen LogP contribution in [0.25, 0.3) is 0 Å². The van der Waals surface area contributed by atoms with Gasteiger partial charge in [0.15, 0.2) is 0 Å². The molecule has 1 aliphatic heterocycles. The van der Waals surface area contributed by atoms with E-state index in [0.717, 1.165) is 25.3 Å². The summed E-state index contributed by atoms with van der Waals surface area (Å²) in [6.45, 7) is 7.55. The Labute approximate surface area is 121 Å². The molecule has 0 aromatic heterocycles. The summed E-state index contributed by atoms with van der Waals surface area (Å²) in [5.74, 6) is 0.720. The van der Waals surface area contributed by atoms with Gasteiger partial charge in [0, 0.05) is 6.54 Å². The summed E-state index contributed by atoms with van der Waals surface area (Å²) in [4.78, 5) is 13.8. The number of rotatable bonds is 3. The zero-order valence-electron chi connectivity index (χ0n) is 12.7. The summed E-state index contributed by atoms with van der Waals surface area (Å²) >= 11 is 0. The van der Waals surface area contributed by atoms with Crippen LogP contribution in [0, 0.1) is 17.2 Å². The Morgan fingerprint density at radius 1 is 1.50 bits per heavy atom. The van der Waals surface area contributed by atoms with Crippen LogP contribution in [0.3, 0.4) is 0 Å². The Hall–Kier alpha value is -1.28. The molecule has 1 heterocycles. The third-order valence-corrected chi connectivity index (χ3v) is 3.78. The van der Waals surface area contributed by atoms with Crippen molar-refractivity contribution in [2.45, 2.75) is 57.6 Å². The molecule has 5 nitrogen and oxygen atoms in total. The number of hydrogen-bond acceptors (Lipinski definition) is 4. The van der Waals surface area contributed by atoms with Crippen molar-refractivity contribution in [1.82, 2.24) is 10.2 Å². The molecule has 1 aliphatic carbocycles. The molecule has 2 fully saturated rings. The van der Waals surface area contributed by atoms with Crippen molar-refractivity contribution < 1.29 is 9.53 Å². The van der Waals surface area contributed by atoms with Crippen LogP contribution in [-0.4, -0.2) is 41.8 Å². The monoisotopic (exact) mass is 279 g/mol. The van der Waals surface area contributed by atoms with E-state index in [1.165, 1.54) is 12.8 Å². The number of carbonyl (C=O) groups excluding carboxylic acids is 1. The van der Waals surface area contributed by atoms with Crippen molar-refractivity contribution in [2.75, 3.05) is 19.6 Å². The summed E-state index contributed by atoms with van der Waals surface area (Å²) in [5.41, 5.74) is -1.09. The average molecular weight is 279 g/mol. The van der Waals surface area contributed by atoms with Crippen LogP contribution >= 0.6 is 0 Å². The second kappa shape index (κ2) is 5.61. The highest BCUT2D eigenvalue weighted by molar-refractivity contribution is 5.68. The number of piperidine rings is 1. The first-order valence-electron chi connectivity index (χ1n) is 7.48. The minimum Gasteiger partial charge on any atom is -0.444 e. The number of carbonyl (C=O) groups is 1. The number of nitriles is 1. The Morgan fingerprint density at radius 2 is 2.20 bits per heavy atom. The predicted octanol–water partition coefficient (Wildman–Crippen LogP) is 2.28. The molecule has 1 saturated heterocycles. The molecule has 2 rings (SSSR count). The molecule has 0 bridgehead atoms. The number of ether oxygens (including phenoxy) is 1. The fraction of sp³-hybridized carbons (Fsp3) is 0.867. The molecule has 2 aliphatic rings. The van der Waals surface area contributed by atoms with Gasteiger partial charge in [-0.3, -0.25) is 5.32 Å². The van der Waals surface area contributed by atoms with Gasteiger partial charge in [-0.2, -0.15) is 5.26 Å². The number of nitrogens with one attached hydrogen (secondary N) is 1. The van der Waals surface area contributed by atoms with Crippen LogP contribution in [0.4, 0.5) is 4.79 Å². The zero-order valence-corrected chi connectivity index (χ0v) is 12.7. The average Bonchev–Trinajstić information content (AvgIpc) is 3.19.